The van der Waals surface area contributed by atoms with E-state index >= 15 is 0 Å². The number of hydrogen-bond acceptors (Lipinski definition) is 3. The second kappa shape index (κ2) is 42.5. The summed E-state index contributed by atoms with van der Waals surface area (Å²) in [7, 11) is 0. The highest BCUT2D eigenvalue weighted by atomic mass is 16.3. The summed E-state index contributed by atoms with van der Waals surface area (Å²) < 4.78 is 0. The van der Waals surface area contributed by atoms with Crippen LogP contribution in [0.2, 0.25) is 0 Å². The molecule has 0 heterocycles. The van der Waals surface area contributed by atoms with Crippen LogP contribution in [-0.2, 0) is 4.79 Å². The molecule has 0 aliphatic carbocycles. The van der Waals surface area contributed by atoms with Crippen molar-refractivity contribution in [2.45, 2.75) is 270 Å². The molecule has 0 aromatic heterocycles. The molecule has 0 saturated carbocycles. The van der Waals surface area contributed by atoms with Crippen LogP contribution in [0.5, 0.6) is 0 Å². The third-order valence-electron chi connectivity index (χ3n) is 10.8. The number of rotatable bonds is 42. The first-order valence-electron chi connectivity index (χ1n) is 22.9. The molecule has 4 heteroatoms. The molecule has 50 heavy (non-hydrogen) atoms. The average Bonchev–Trinajstić information content (AvgIpc) is 3.12. The number of carbonyl (C=O) groups excluding carboxylic acids is 1. The first-order valence-corrected chi connectivity index (χ1v) is 22.9. The van der Waals surface area contributed by atoms with Gasteiger partial charge in [-0.05, 0) is 19.3 Å². The Morgan fingerprint density at radius 3 is 1.04 bits per heavy atom. The molecule has 2 atom stereocenters. The molecule has 0 aliphatic rings. The van der Waals surface area contributed by atoms with E-state index in [1.165, 1.54) is 212 Å². The Balaban J connectivity index is 3.47. The minimum absolute atomic E-state index is 0.0590. The van der Waals surface area contributed by atoms with Crippen molar-refractivity contribution in [2.24, 2.45) is 0 Å². The smallest absolute Gasteiger partial charge is 0.220 e. The van der Waals surface area contributed by atoms with Gasteiger partial charge >= 0.3 is 0 Å². The quantitative estimate of drug-likeness (QED) is 0.0437. The average molecular weight is 706 g/mol. The molecular weight excluding hydrogens is 615 g/mol. The number of allylic oxidation sites excluding steroid dienone is 1. The third kappa shape index (κ3) is 38.4. The zero-order valence-corrected chi connectivity index (χ0v) is 34.2. The molecule has 0 aromatic rings. The Hall–Kier alpha value is -0.870. The zero-order valence-electron chi connectivity index (χ0n) is 34.2. The molecule has 1 amide bonds. The molecule has 0 aliphatic heterocycles. The van der Waals surface area contributed by atoms with Crippen LogP contribution in [0.4, 0.5) is 0 Å². The predicted octanol–water partition coefficient (Wildman–Crippen LogP) is 14.2. The zero-order chi connectivity index (χ0) is 36.4. The fourth-order valence-electron chi connectivity index (χ4n) is 7.24. The SMILES string of the molecule is CCCCCCCCCCCCCC/C=C/[C@@H](O)[C@H](CO)NC(=O)CCCCCCCCCCCCCCCCCCCCCCCCCC. The van der Waals surface area contributed by atoms with Crippen molar-refractivity contribution in [3.8, 4) is 0 Å². The summed E-state index contributed by atoms with van der Waals surface area (Å²) in [5.41, 5.74) is 0. The molecular formula is C46H91NO3. The Bertz CT molecular complexity index is 680. The molecule has 298 valence electrons. The summed E-state index contributed by atoms with van der Waals surface area (Å²) in [4.78, 5) is 12.4. The van der Waals surface area contributed by atoms with E-state index in [9.17, 15) is 15.0 Å². The van der Waals surface area contributed by atoms with Gasteiger partial charge in [-0.15, -0.1) is 0 Å². The van der Waals surface area contributed by atoms with Gasteiger partial charge in [-0.3, -0.25) is 4.79 Å². The van der Waals surface area contributed by atoms with Crippen molar-refractivity contribution in [3.05, 3.63) is 12.2 Å². The molecule has 0 radical (unpaired) electrons. The summed E-state index contributed by atoms with van der Waals surface area (Å²) in [5.74, 6) is -0.0590. The fraction of sp³-hybridized carbons (Fsp3) is 0.935. The molecule has 0 rings (SSSR count). The summed E-state index contributed by atoms with van der Waals surface area (Å²) in [6.45, 7) is 4.33. The Labute approximate surface area is 314 Å². The number of hydrogen-bond donors (Lipinski definition) is 3. The molecule has 0 aromatic carbocycles. The minimum atomic E-state index is -0.833. The van der Waals surface area contributed by atoms with Crippen LogP contribution in [0.1, 0.15) is 258 Å². The van der Waals surface area contributed by atoms with E-state index in [4.69, 9.17) is 0 Å². The predicted molar refractivity (Wildman–Crippen MR) is 221 cm³/mol. The van der Waals surface area contributed by atoms with Crippen LogP contribution in [-0.4, -0.2) is 34.9 Å². The highest BCUT2D eigenvalue weighted by Gasteiger charge is 2.17. The fourth-order valence-corrected chi connectivity index (χ4v) is 7.24. The van der Waals surface area contributed by atoms with E-state index in [-0.39, 0.29) is 12.5 Å². The Kier molecular flexibility index (Phi) is 41.8. The lowest BCUT2D eigenvalue weighted by Gasteiger charge is -2.20. The summed E-state index contributed by atoms with van der Waals surface area (Å²) in [5, 5.41) is 23.0. The molecule has 0 fully saturated rings. The van der Waals surface area contributed by atoms with Crippen molar-refractivity contribution in [1.29, 1.82) is 0 Å². The first-order chi connectivity index (χ1) is 24.7. The number of amides is 1. The summed E-state index contributed by atoms with van der Waals surface area (Å²) in [6, 6.07) is -0.616. The van der Waals surface area contributed by atoms with Gasteiger partial charge in [-0.1, -0.05) is 244 Å². The van der Waals surface area contributed by atoms with Gasteiger partial charge in [-0.2, -0.15) is 0 Å². The molecule has 4 nitrogen and oxygen atoms in total. The number of aliphatic hydroxyl groups excluding tert-OH is 2. The van der Waals surface area contributed by atoms with Crippen LogP contribution >= 0.6 is 0 Å². The van der Waals surface area contributed by atoms with E-state index in [1.807, 2.05) is 6.08 Å². The van der Waals surface area contributed by atoms with Gasteiger partial charge in [0.15, 0.2) is 0 Å². The second-order valence-electron chi connectivity index (χ2n) is 15.8. The van der Waals surface area contributed by atoms with Crippen LogP contribution in [0.25, 0.3) is 0 Å². The molecule has 0 saturated heterocycles. The highest BCUT2D eigenvalue weighted by Crippen LogP contribution is 2.16. The van der Waals surface area contributed by atoms with E-state index in [0.29, 0.717) is 6.42 Å². The monoisotopic (exact) mass is 706 g/mol. The maximum atomic E-state index is 12.4. The standard InChI is InChI=1S/C46H91NO3/c1-3-5-7-9-11-13-15-17-19-20-21-22-23-24-25-26-27-28-30-32-34-36-38-40-42-46(50)47-44(43-48)45(49)41-39-37-35-33-31-29-18-16-14-12-10-8-6-4-2/h39,41,44-45,48-49H,3-38,40,42-43H2,1-2H3,(H,47,50)/b41-39+/t44-,45+/m0/s1. The van der Waals surface area contributed by atoms with Crippen molar-refractivity contribution in [3.63, 3.8) is 0 Å². The first kappa shape index (κ1) is 49.1. The Morgan fingerprint density at radius 2 is 0.740 bits per heavy atom. The maximum Gasteiger partial charge on any atom is 0.220 e. The van der Waals surface area contributed by atoms with Crippen LogP contribution in [0, 0.1) is 0 Å². The summed E-state index contributed by atoms with van der Waals surface area (Å²) >= 11 is 0. The highest BCUT2D eigenvalue weighted by molar-refractivity contribution is 5.76. The van der Waals surface area contributed by atoms with Crippen LogP contribution in [0.15, 0.2) is 12.2 Å². The van der Waals surface area contributed by atoms with Gasteiger partial charge in [-0.25, -0.2) is 0 Å². The van der Waals surface area contributed by atoms with Gasteiger partial charge in [0.25, 0.3) is 0 Å². The van der Waals surface area contributed by atoms with Gasteiger partial charge < -0.3 is 15.5 Å². The number of nitrogens with one attached hydrogen (secondary N) is 1. The maximum absolute atomic E-state index is 12.4. The van der Waals surface area contributed by atoms with E-state index in [0.717, 1.165) is 25.7 Å². The second-order valence-corrected chi connectivity index (χ2v) is 15.8. The molecule has 0 bridgehead atoms. The summed E-state index contributed by atoms with van der Waals surface area (Å²) in [6.07, 6.45) is 53.3. The number of carbonyl (C=O) groups is 1. The van der Waals surface area contributed by atoms with Crippen molar-refractivity contribution in [2.75, 3.05) is 6.61 Å². The van der Waals surface area contributed by atoms with Crippen molar-refractivity contribution >= 4 is 5.91 Å². The van der Waals surface area contributed by atoms with Crippen LogP contribution in [0.3, 0.4) is 0 Å². The van der Waals surface area contributed by atoms with E-state index < -0.39 is 12.1 Å². The molecule has 0 spiro atoms. The minimum Gasteiger partial charge on any atom is -0.394 e. The lowest BCUT2D eigenvalue weighted by molar-refractivity contribution is -0.123. The van der Waals surface area contributed by atoms with E-state index in [2.05, 4.69) is 19.2 Å². The topological polar surface area (TPSA) is 69.6 Å². The number of aliphatic hydroxyl groups is 2. The van der Waals surface area contributed by atoms with Gasteiger partial charge in [0.05, 0.1) is 18.8 Å². The molecule has 3 N–H and O–H groups in total. The van der Waals surface area contributed by atoms with Crippen LogP contribution < -0.4 is 5.32 Å². The number of unbranched alkanes of at least 4 members (excludes halogenated alkanes) is 35. The largest absolute Gasteiger partial charge is 0.394 e. The third-order valence-corrected chi connectivity index (χ3v) is 10.8. The van der Waals surface area contributed by atoms with E-state index in [1.54, 1.807) is 6.08 Å². The lowest BCUT2D eigenvalue weighted by Crippen LogP contribution is -2.45. The lowest BCUT2D eigenvalue weighted by atomic mass is 10.0. The Morgan fingerprint density at radius 1 is 0.460 bits per heavy atom. The van der Waals surface area contributed by atoms with Crippen molar-refractivity contribution < 1.29 is 15.0 Å². The molecule has 0 unspecified atom stereocenters. The normalized spacial score (nSPS) is 13.0. The van der Waals surface area contributed by atoms with Gasteiger partial charge in [0.1, 0.15) is 0 Å². The van der Waals surface area contributed by atoms with Gasteiger partial charge in [0, 0.05) is 6.42 Å². The van der Waals surface area contributed by atoms with Gasteiger partial charge in [0.2, 0.25) is 5.91 Å². The van der Waals surface area contributed by atoms with Crippen molar-refractivity contribution in [1.82, 2.24) is 5.32 Å².